The van der Waals surface area contributed by atoms with E-state index >= 15 is 0 Å². The smallest absolute Gasteiger partial charge is 0.306 e. The first-order valence-electron chi connectivity index (χ1n) is 6.62. The molecule has 0 aliphatic carbocycles. The number of hydrogen-bond donors (Lipinski definition) is 1. The molecular weight excluding hydrogens is 202 g/mol. The van der Waals surface area contributed by atoms with Gasteiger partial charge < -0.3 is 10.1 Å². The predicted molar refractivity (Wildman–Crippen MR) is 65.3 cm³/mol. The molecule has 16 heavy (non-hydrogen) atoms. The van der Waals surface area contributed by atoms with Crippen LogP contribution in [0.5, 0.6) is 0 Å². The first-order valence-corrected chi connectivity index (χ1v) is 6.62. The first-order chi connectivity index (χ1) is 7.72. The van der Waals surface area contributed by atoms with Crippen molar-refractivity contribution in [2.45, 2.75) is 58.5 Å². The highest BCUT2D eigenvalue weighted by molar-refractivity contribution is 5.69. The fourth-order valence-corrected chi connectivity index (χ4v) is 2.24. The summed E-state index contributed by atoms with van der Waals surface area (Å²) < 4.78 is 5.32. The molecule has 1 fully saturated rings. The van der Waals surface area contributed by atoms with Crippen molar-refractivity contribution in [1.29, 1.82) is 0 Å². The van der Waals surface area contributed by atoms with Crippen LogP contribution in [0.2, 0.25) is 0 Å². The summed E-state index contributed by atoms with van der Waals surface area (Å²) in [6.45, 7) is 6.29. The van der Waals surface area contributed by atoms with E-state index < -0.39 is 0 Å². The maximum atomic E-state index is 11.5. The molecule has 3 heteroatoms. The average Bonchev–Trinajstić information content (AvgIpc) is 2.28. The van der Waals surface area contributed by atoms with Crippen molar-refractivity contribution in [2.24, 2.45) is 5.92 Å². The van der Waals surface area contributed by atoms with Crippen molar-refractivity contribution in [3.63, 3.8) is 0 Å². The first kappa shape index (κ1) is 13.5. The molecule has 0 amide bonds. The number of piperidine rings is 1. The van der Waals surface area contributed by atoms with Crippen molar-refractivity contribution in [3.05, 3.63) is 0 Å². The Hall–Kier alpha value is -0.570. The quantitative estimate of drug-likeness (QED) is 0.709. The van der Waals surface area contributed by atoms with Gasteiger partial charge in [-0.25, -0.2) is 0 Å². The van der Waals surface area contributed by atoms with Crippen LogP contribution in [-0.2, 0) is 9.53 Å². The Balaban J connectivity index is 2.09. The molecule has 0 radical (unpaired) electrons. The van der Waals surface area contributed by atoms with Crippen LogP contribution in [0.3, 0.4) is 0 Å². The largest absolute Gasteiger partial charge is 0.463 e. The second kappa shape index (κ2) is 7.66. The topological polar surface area (TPSA) is 38.3 Å². The lowest BCUT2D eigenvalue weighted by molar-refractivity contribution is -0.148. The number of carbonyl (C=O) groups is 1. The van der Waals surface area contributed by atoms with E-state index in [1.807, 2.05) is 6.92 Å². The van der Waals surface area contributed by atoms with E-state index in [0.29, 0.717) is 12.3 Å². The summed E-state index contributed by atoms with van der Waals surface area (Å²) in [5.74, 6) is 0.648. The molecule has 0 aromatic rings. The van der Waals surface area contributed by atoms with Gasteiger partial charge in [0.15, 0.2) is 0 Å². The zero-order valence-corrected chi connectivity index (χ0v) is 10.6. The second-order valence-corrected chi connectivity index (χ2v) is 4.84. The third-order valence-electron chi connectivity index (χ3n) is 3.18. The van der Waals surface area contributed by atoms with E-state index in [1.165, 1.54) is 12.8 Å². The van der Waals surface area contributed by atoms with E-state index in [9.17, 15) is 4.79 Å². The van der Waals surface area contributed by atoms with Crippen molar-refractivity contribution < 1.29 is 9.53 Å². The molecule has 0 spiro atoms. The maximum Gasteiger partial charge on any atom is 0.306 e. The van der Waals surface area contributed by atoms with Gasteiger partial charge in [-0.2, -0.15) is 0 Å². The molecule has 2 atom stereocenters. The van der Waals surface area contributed by atoms with Crippen LogP contribution in [-0.4, -0.2) is 25.2 Å². The fraction of sp³-hybridized carbons (Fsp3) is 0.923. The molecule has 0 saturated carbocycles. The monoisotopic (exact) mass is 227 g/mol. The number of ether oxygens (including phenoxy) is 1. The third kappa shape index (κ3) is 5.50. The van der Waals surface area contributed by atoms with Crippen molar-refractivity contribution >= 4 is 5.97 Å². The molecule has 1 saturated heterocycles. The SMILES string of the molecule is CCCC(C)OC(=O)CCC1CCCNC1. The fourth-order valence-electron chi connectivity index (χ4n) is 2.24. The Morgan fingerprint density at radius 3 is 3.00 bits per heavy atom. The van der Waals surface area contributed by atoms with Gasteiger partial charge in [0.1, 0.15) is 0 Å². The molecule has 2 unspecified atom stereocenters. The number of rotatable bonds is 6. The van der Waals surface area contributed by atoms with Crippen LogP contribution in [0.25, 0.3) is 0 Å². The molecule has 1 aliphatic rings. The highest BCUT2D eigenvalue weighted by atomic mass is 16.5. The summed E-state index contributed by atoms with van der Waals surface area (Å²) in [4.78, 5) is 11.5. The molecule has 1 rings (SSSR count). The molecule has 0 aromatic carbocycles. The molecule has 94 valence electrons. The van der Waals surface area contributed by atoms with Gasteiger partial charge >= 0.3 is 5.97 Å². The number of nitrogens with one attached hydrogen (secondary N) is 1. The van der Waals surface area contributed by atoms with Crippen LogP contribution in [0, 0.1) is 5.92 Å². The average molecular weight is 227 g/mol. The van der Waals surface area contributed by atoms with Crippen molar-refractivity contribution in [1.82, 2.24) is 5.32 Å². The minimum Gasteiger partial charge on any atom is -0.463 e. The standard InChI is InChI=1S/C13H25NO2/c1-3-5-11(2)16-13(15)8-7-12-6-4-9-14-10-12/h11-12,14H,3-10H2,1-2H3. The van der Waals surface area contributed by atoms with E-state index in [1.54, 1.807) is 0 Å². The predicted octanol–water partition coefficient (Wildman–Crippen LogP) is 2.50. The highest BCUT2D eigenvalue weighted by Gasteiger charge is 2.15. The van der Waals surface area contributed by atoms with Crippen LogP contribution in [0.1, 0.15) is 52.4 Å². The summed E-state index contributed by atoms with van der Waals surface area (Å²) in [5.41, 5.74) is 0. The highest BCUT2D eigenvalue weighted by Crippen LogP contribution is 2.16. The molecule has 0 bridgehead atoms. The minimum absolute atomic E-state index is 0.0217. The zero-order valence-electron chi connectivity index (χ0n) is 10.6. The summed E-state index contributed by atoms with van der Waals surface area (Å²) in [7, 11) is 0. The molecular formula is C13H25NO2. The summed E-state index contributed by atoms with van der Waals surface area (Å²) in [6, 6.07) is 0. The maximum absolute atomic E-state index is 11.5. The Bertz CT molecular complexity index is 200. The second-order valence-electron chi connectivity index (χ2n) is 4.84. The van der Waals surface area contributed by atoms with E-state index in [4.69, 9.17) is 4.74 Å². The van der Waals surface area contributed by atoms with Crippen LogP contribution < -0.4 is 5.32 Å². The van der Waals surface area contributed by atoms with Gasteiger partial charge in [-0.3, -0.25) is 4.79 Å². The van der Waals surface area contributed by atoms with Gasteiger partial charge in [-0.1, -0.05) is 13.3 Å². The van der Waals surface area contributed by atoms with E-state index in [0.717, 1.165) is 32.4 Å². The molecule has 1 aliphatic heterocycles. The third-order valence-corrected chi connectivity index (χ3v) is 3.18. The molecule has 1 N–H and O–H groups in total. The molecule has 1 heterocycles. The van der Waals surface area contributed by atoms with Crippen molar-refractivity contribution in [3.8, 4) is 0 Å². The van der Waals surface area contributed by atoms with Gasteiger partial charge in [0.05, 0.1) is 6.10 Å². The van der Waals surface area contributed by atoms with Crippen molar-refractivity contribution in [2.75, 3.05) is 13.1 Å². The van der Waals surface area contributed by atoms with E-state index in [-0.39, 0.29) is 12.1 Å². The Kier molecular flexibility index (Phi) is 6.46. The lowest BCUT2D eigenvalue weighted by Crippen LogP contribution is -2.30. The number of hydrogen-bond acceptors (Lipinski definition) is 3. The minimum atomic E-state index is -0.0217. The Morgan fingerprint density at radius 2 is 2.38 bits per heavy atom. The number of carbonyl (C=O) groups excluding carboxylic acids is 1. The molecule has 0 aromatic heterocycles. The van der Waals surface area contributed by atoms with Gasteiger partial charge in [-0.15, -0.1) is 0 Å². The van der Waals surface area contributed by atoms with Crippen LogP contribution >= 0.6 is 0 Å². The summed E-state index contributed by atoms with van der Waals surface area (Å²) >= 11 is 0. The van der Waals surface area contributed by atoms with Crippen LogP contribution in [0.4, 0.5) is 0 Å². The Labute approximate surface area is 98.9 Å². The van der Waals surface area contributed by atoms with Gasteiger partial charge in [0, 0.05) is 6.42 Å². The van der Waals surface area contributed by atoms with Gasteiger partial charge in [-0.05, 0) is 51.6 Å². The van der Waals surface area contributed by atoms with Gasteiger partial charge in [0.25, 0.3) is 0 Å². The lowest BCUT2D eigenvalue weighted by atomic mass is 9.95. The van der Waals surface area contributed by atoms with E-state index in [2.05, 4.69) is 12.2 Å². The number of esters is 1. The van der Waals surface area contributed by atoms with Crippen LogP contribution in [0.15, 0.2) is 0 Å². The normalized spacial score (nSPS) is 22.8. The summed E-state index contributed by atoms with van der Waals surface area (Å²) in [5, 5.41) is 3.37. The zero-order chi connectivity index (χ0) is 11.8. The van der Waals surface area contributed by atoms with Gasteiger partial charge in [0.2, 0.25) is 0 Å². The Morgan fingerprint density at radius 1 is 1.56 bits per heavy atom. The lowest BCUT2D eigenvalue weighted by Gasteiger charge is -2.22. The summed E-state index contributed by atoms with van der Waals surface area (Å²) in [6.07, 6.45) is 6.18. The molecule has 3 nitrogen and oxygen atoms in total.